The molecule has 1 amide bonds. The molecule has 0 unspecified atom stereocenters. The first-order valence-electron chi connectivity index (χ1n) is 8.03. The van der Waals surface area contributed by atoms with Gasteiger partial charge in [-0.1, -0.05) is 5.10 Å². The van der Waals surface area contributed by atoms with E-state index < -0.39 is 5.91 Å². The number of nitrogens with zero attached hydrogens (tertiary/aromatic N) is 6. The first kappa shape index (κ1) is 17.3. The van der Waals surface area contributed by atoms with Crippen LogP contribution < -0.4 is 15.0 Å². The molecule has 140 valence electrons. The number of thiazole rings is 1. The van der Waals surface area contributed by atoms with Crippen molar-refractivity contribution < 1.29 is 18.7 Å². The van der Waals surface area contributed by atoms with E-state index in [4.69, 9.17) is 13.9 Å². The number of hydrogen-bond donors (Lipinski definition) is 1. The maximum absolute atomic E-state index is 12.5. The van der Waals surface area contributed by atoms with Gasteiger partial charge in [-0.05, 0) is 0 Å². The van der Waals surface area contributed by atoms with E-state index in [2.05, 4.69) is 30.7 Å². The molecule has 1 N–H and O–H groups in total. The largest absolute Gasteiger partial charge is 0.494 e. The fourth-order valence-electron chi connectivity index (χ4n) is 2.47. The van der Waals surface area contributed by atoms with Gasteiger partial charge in [-0.3, -0.25) is 10.1 Å². The lowest BCUT2D eigenvalue weighted by molar-refractivity contribution is 0.101. The van der Waals surface area contributed by atoms with Gasteiger partial charge >= 0.3 is 6.01 Å². The third kappa shape index (κ3) is 3.71. The topological polar surface area (TPSA) is 128 Å². The first-order valence-corrected chi connectivity index (χ1v) is 8.91. The molecule has 1 fully saturated rings. The van der Waals surface area contributed by atoms with E-state index in [1.165, 1.54) is 18.4 Å². The molecule has 0 spiro atoms. The molecule has 27 heavy (non-hydrogen) atoms. The molecular weight excluding hydrogens is 374 g/mol. The smallest absolute Gasteiger partial charge is 0.322 e. The van der Waals surface area contributed by atoms with E-state index in [0.717, 1.165) is 0 Å². The van der Waals surface area contributed by atoms with Crippen LogP contribution in [0.15, 0.2) is 22.1 Å². The summed E-state index contributed by atoms with van der Waals surface area (Å²) in [7, 11) is 1.46. The van der Waals surface area contributed by atoms with Crippen LogP contribution in [0.2, 0.25) is 0 Å². The van der Waals surface area contributed by atoms with Crippen LogP contribution in [0.5, 0.6) is 5.75 Å². The Kier molecular flexibility index (Phi) is 4.89. The Hall–Kier alpha value is -3.12. The van der Waals surface area contributed by atoms with Crippen molar-refractivity contribution in [2.45, 2.75) is 0 Å². The number of rotatable bonds is 5. The molecule has 0 aromatic carbocycles. The zero-order chi connectivity index (χ0) is 18.6. The molecule has 4 heterocycles. The van der Waals surface area contributed by atoms with Crippen LogP contribution in [-0.2, 0) is 4.74 Å². The summed E-state index contributed by atoms with van der Waals surface area (Å²) in [4.78, 5) is 18.6. The summed E-state index contributed by atoms with van der Waals surface area (Å²) in [6, 6.07) is 1.61. The Bertz CT molecular complexity index is 924. The molecule has 1 aliphatic heterocycles. The average Bonchev–Trinajstić information content (AvgIpc) is 3.40. The van der Waals surface area contributed by atoms with Gasteiger partial charge in [0.15, 0.2) is 22.3 Å². The van der Waals surface area contributed by atoms with Crippen molar-refractivity contribution >= 4 is 29.1 Å². The molecule has 3 aromatic rings. The summed E-state index contributed by atoms with van der Waals surface area (Å²) in [5.41, 5.74) is 0.0171. The normalized spacial score (nSPS) is 14.2. The molecule has 1 saturated heterocycles. The Labute approximate surface area is 157 Å². The summed E-state index contributed by atoms with van der Waals surface area (Å²) < 4.78 is 16.0. The first-order chi connectivity index (χ1) is 13.2. The lowest BCUT2D eigenvalue weighted by Gasteiger charge is -2.27. The van der Waals surface area contributed by atoms with Crippen molar-refractivity contribution in [1.29, 1.82) is 0 Å². The number of methoxy groups -OCH3 is 1. The standard InChI is InChI=1S/C15H15N7O4S/c1-24-9-8-10(22-3-5-25-6-4-22)18-19-11(9)12(23)17-15-21-20-13(26-15)14-16-2-7-27-14/h2,7-8H,3-6H2,1H3,(H,17,21,23). The Morgan fingerprint density at radius 1 is 1.26 bits per heavy atom. The van der Waals surface area contributed by atoms with Gasteiger partial charge in [-0.15, -0.1) is 26.6 Å². The number of amides is 1. The third-order valence-corrected chi connectivity index (χ3v) is 4.54. The monoisotopic (exact) mass is 389 g/mol. The van der Waals surface area contributed by atoms with Crippen LogP contribution in [0.3, 0.4) is 0 Å². The van der Waals surface area contributed by atoms with E-state index >= 15 is 0 Å². The second kappa shape index (κ2) is 7.63. The number of anilines is 2. The molecule has 1 aliphatic rings. The average molecular weight is 389 g/mol. The number of carbonyl (C=O) groups is 1. The van der Waals surface area contributed by atoms with Crippen molar-refractivity contribution in [3.8, 4) is 16.6 Å². The summed E-state index contributed by atoms with van der Waals surface area (Å²) in [6.45, 7) is 2.63. The van der Waals surface area contributed by atoms with Crippen LogP contribution in [0.25, 0.3) is 10.9 Å². The van der Waals surface area contributed by atoms with Crippen LogP contribution in [0.4, 0.5) is 11.8 Å². The van der Waals surface area contributed by atoms with Crippen molar-refractivity contribution in [3.05, 3.63) is 23.3 Å². The lowest BCUT2D eigenvalue weighted by atomic mass is 10.3. The summed E-state index contributed by atoms with van der Waals surface area (Å²) in [5, 5.41) is 20.6. The Morgan fingerprint density at radius 3 is 2.85 bits per heavy atom. The minimum Gasteiger partial charge on any atom is -0.494 e. The maximum Gasteiger partial charge on any atom is 0.322 e. The van der Waals surface area contributed by atoms with E-state index in [-0.39, 0.29) is 17.6 Å². The summed E-state index contributed by atoms with van der Waals surface area (Å²) >= 11 is 1.35. The van der Waals surface area contributed by atoms with Crippen molar-refractivity contribution in [2.75, 3.05) is 43.6 Å². The predicted octanol–water partition coefficient (Wildman–Crippen LogP) is 1.08. The maximum atomic E-state index is 12.5. The highest BCUT2D eigenvalue weighted by molar-refractivity contribution is 7.12. The van der Waals surface area contributed by atoms with Gasteiger partial charge in [-0.25, -0.2) is 4.98 Å². The van der Waals surface area contributed by atoms with Gasteiger partial charge in [0, 0.05) is 30.7 Å². The molecule has 12 heteroatoms. The highest BCUT2D eigenvalue weighted by Gasteiger charge is 2.22. The number of ether oxygens (including phenoxy) is 2. The quantitative estimate of drug-likeness (QED) is 0.677. The second-order valence-electron chi connectivity index (χ2n) is 5.42. The lowest BCUT2D eigenvalue weighted by Crippen LogP contribution is -2.37. The van der Waals surface area contributed by atoms with Crippen LogP contribution >= 0.6 is 11.3 Å². The molecule has 0 bridgehead atoms. The molecule has 4 rings (SSSR count). The fourth-order valence-corrected chi connectivity index (χ4v) is 3.03. The van der Waals surface area contributed by atoms with Gasteiger partial charge in [0.1, 0.15) is 0 Å². The van der Waals surface area contributed by atoms with Crippen LogP contribution in [0, 0.1) is 0 Å². The van der Waals surface area contributed by atoms with Crippen molar-refractivity contribution in [2.24, 2.45) is 0 Å². The molecule has 0 aliphatic carbocycles. The number of aromatic nitrogens is 5. The van der Waals surface area contributed by atoms with Gasteiger partial charge in [0.2, 0.25) is 0 Å². The fraction of sp³-hybridized carbons (Fsp3) is 0.333. The predicted molar refractivity (Wildman–Crippen MR) is 95.0 cm³/mol. The van der Waals surface area contributed by atoms with Crippen molar-refractivity contribution in [3.63, 3.8) is 0 Å². The third-order valence-electron chi connectivity index (χ3n) is 3.78. The Balaban J connectivity index is 1.51. The van der Waals surface area contributed by atoms with Gasteiger partial charge in [0.25, 0.3) is 11.8 Å². The highest BCUT2D eigenvalue weighted by atomic mass is 32.1. The van der Waals surface area contributed by atoms with Crippen molar-refractivity contribution in [1.82, 2.24) is 25.4 Å². The van der Waals surface area contributed by atoms with E-state index in [9.17, 15) is 4.79 Å². The minimum absolute atomic E-state index is 0.0171. The minimum atomic E-state index is -0.567. The van der Waals surface area contributed by atoms with Gasteiger partial charge in [-0.2, -0.15) is 0 Å². The van der Waals surface area contributed by atoms with Gasteiger partial charge in [0.05, 0.1) is 20.3 Å². The van der Waals surface area contributed by atoms with E-state index in [0.29, 0.717) is 42.9 Å². The van der Waals surface area contributed by atoms with Crippen LogP contribution in [0.1, 0.15) is 10.5 Å². The zero-order valence-electron chi connectivity index (χ0n) is 14.3. The molecule has 0 radical (unpaired) electrons. The van der Waals surface area contributed by atoms with E-state index in [1.54, 1.807) is 17.6 Å². The molecular formula is C15H15N7O4S. The molecule has 0 atom stereocenters. The number of nitrogens with one attached hydrogen (secondary N) is 1. The second-order valence-corrected chi connectivity index (χ2v) is 6.32. The highest BCUT2D eigenvalue weighted by Crippen LogP contribution is 2.24. The van der Waals surface area contributed by atoms with Crippen LogP contribution in [-0.4, -0.2) is 64.7 Å². The molecule has 11 nitrogen and oxygen atoms in total. The van der Waals surface area contributed by atoms with E-state index in [1.807, 2.05) is 4.90 Å². The molecule has 0 saturated carbocycles. The van der Waals surface area contributed by atoms with Gasteiger partial charge < -0.3 is 18.8 Å². The molecule has 3 aromatic heterocycles. The number of morpholine rings is 1. The zero-order valence-corrected chi connectivity index (χ0v) is 15.1. The Morgan fingerprint density at radius 2 is 2.11 bits per heavy atom. The summed E-state index contributed by atoms with van der Waals surface area (Å²) in [5.74, 6) is 0.572. The number of hydrogen-bond acceptors (Lipinski definition) is 11. The number of carbonyl (C=O) groups excluding carboxylic acids is 1. The summed E-state index contributed by atoms with van der Waals surface area (Å²) in [6.07, 6.45) is 1.62. The SMILES string of the molecule is COc1cc(N2CCOCC2)nnc1C(=O)Nc1nnc(-c2nccs2)o1.